The predicted octanol–water partition coefficient (Wildman–Crippen LogP) is 1.68. The predicted molar refractivity (Wildman–Crippen MR) is 82.5 cm³/mol. The number of rotatable bonds is 10. The van der Waals surface area contributed by atoms with Crippen molar-refractivity contribution in [2.45, 2.75) is 18.4 Å². The van der Waals surface area contributed by atoms with Crippen LogP contribution < -0.4 is 5.32 Å². The summed E-state index contributed by atoms with van der Waals surface area (Å²) < 4.78 is 31.4. The first-order chi connectivity index (χ1) is 9.56. The highest BCUT2D eigenvalue weighted by molar-refractivity contribution is 7.89. The van der Waals surface area contributed by atoms with Crippen LogP contribution in [0.4, 0.5) is 0 Å². The van der Waals surface area contributed by atoms with Gasteiger partial charge < -0.3 is 10.1 Å². The van der Waals surface area contributed by atoms with E-state index in [-0.39, 0.29) is 6.54 Å². The molecule has 7 heteroatoms. The molecule has 20 heavy (non-hydrogen) atoms. The summed E-state index contributed by atoms with van der Waals surface area (Å²) >= 11 is 1.45. The fourth-order valence-corrected chi connectivity index (χ4v) is 4.26. The van der Waals surface area contributed by atoms with Crippen LogP contribution in [-0.4, -0.2) is 46.1 Å². The van der Waals surface area contributed by atoms with Gasteiger partial charge in [-0.05, 0) is 12.6 Å². The Balaban J connectivity index is 2.88. The maximum absolute atomic E-state index is 12.5. The topological polar surface area (TPSA) is 58.6 Å². The second-order valence-electron chi connectivity index (χ2n) is 4.17. The molecular weight excluding hydrogens is 296 g/mol. The SMILES string of the molecule is C=CCN(CCOC)S(=O)(=O)c1csc(CNCC)c1. The third-order valence-corrected chi connectivity index (χ3v) is 5.62. The summed E-state index contributed by atoms with van der Waals surface area (Å²) in [5.74, 6) is 0. The van der Waals surface area contributed by atoms with Crippen LogP contribution in [0.1, 0.15) is 11.8 Å². The molecule has 0 aliphatic rings. The third-order valence-electron chi connectivity index (χ3n) is 2.69. The Morgan fingerprint density at radius 2 is 2.30 bits per heavy atom. The summed E-state index contributed by atoms with van der Waals surface area (Å²) in [6, 6.07) is 1.73. The number of thiophene rings is 1. The first-order valence-corrected chi connectivity index (χ1v) is 8.76. The van der Waals surface area contributed by atoms with E-state index in [1.807, 2.05) is 6.92 Å². The zero-order chi connectivity index (χ0) is 15.0. The highest BCUT2D eigenvalue weighted by Crippen LogP contribution is 2.22. The van der Waals surface area contributed by atoms with E-state index in [1.54, 1.807) is 24.6 Å². The Morgan fingerprint density at radius 1 is 1.55 bits per heavy atom. The van der Waals surface area contributed by atoms with Gasteiger partial charge in [-0.2, -0.15) is 4.31 Å². The van der Waals surface area contributed by atoms with Gasteiger partial charge in [-0.15, -0.1) is 17.9 Å². The second-order valence-corrected chi connectivity index (χ2v) is 7.11. The monoisotopic (exact) mass is 318 g/mol. The number of nitrogens with zero attached hydrogens (tertiary/aromatic N) is 1. The standard InChI is InChI=1S/C13H22N2O3S2/c1-4-6-15(7-8-18-3)20(16,17)13-9-12(19-11-13)10-14-5-2/h4,9,11,14H,1,5-8,10H2,2-3H3. The first-order valence-electron chi connectivity index (χ1n) is 6.44. The van der Waals surface area contributed by atoms with Crippen molar-refractivity contribution in [3.8, 4) is 0 Å². The maximum Gasteiger partial charge on any atom is 0.244 e. The molecule has 0 saturated carbocycles. The molecule has 0 aromatic carbocycles. The minimum Gasteiger partial charge on any atom is -0.383 e. The number of hydrogen-bond acceptors (Lipinski definition) is 5. The number of nitrogens with one attached hydrogen (secondary N) is 1. The average molecular weight is 318 g/mol. The zero-order valence-electron chi connectivity index (χ0n) is 12.0. The van der Waals surface area contributed by atoms with Crippen molar-refractivity contribution in [2.24, 2.45) is 0 Å². The highest BCUT2D eigenvalue weighted by Gasteiger charge is 2.24. The molecule has 0 saturated heterocycles. The second kappa shape index (κ2) is 8.53. The molecule has 1 aromatic heterocycles. The van der Waals surface area contributed by atoms with E-state index in [0.29, 0.717) is 24.6 Å². The Bertz CT molecular complexity index is 511. The van der Waals surface area contributed by atoms with Crippen molar-refractivity contribution in [1.82, 2.24) is 9.62 Å². The molecule has 1 N–H and O–H groups in total. The van der Waals surface area contributed by atoms with Gasteiger partial charge in [0.05, 0.1) is 11.5 Å². The molecule has 0 spiro atoms. The number of methoxy groups -OCH3 is 1. The lowest BCUT2D eigenvalue weighted by atomic mass is 10.4. The van der Waals surface area contributed by atoms with E-state index in [0.717, 1.165) is 11.4 Å². The quantitative estimate of drug-likeness (QED) is 0.667. The van der Waals surface area contributed by atoms with Crippen LogP contribution in [0, 0.1) is 0 Å². The molecule has 0 unspecified atom stereocenters. The fraction of sp³-hybridized carbons (Fsp3) is 0.538. The van der Waals surface area contributed by atoms with E-state index < -0.39 is 10.0 Å². The Morgan fingerprint density at radius 3 is 2.90 bits per heavy atom. The summed E-state index contributed by atoms with van der Waals surface area (Å²) in [7, 11) is -1.92. The molecule has 0 aliphatic carbocycles. The van der Waals surface area contributed by atoms with Crippen LogP contribution in [0.15, 0.2) is 29.0 Å². The van der Waals surface area contributed by atoms with Crippen LogP contribution in [0.3, 0.4) is 0 Å². The molecule has 0 amide bonds. The third kappa shape index (κ3) is 4.68. The number of ether oxygens (including phenoxy) is 1. The molecule has 5 nitrogen and oxygen atoms in total. The van der Waals surface area contributed by atoms with Gasteiger partial charge in [-0.1, -0.05) is 13.0 Å². The Hall–Kier alpha value is -0.730. The number of hydrogen-bond donors (Lipinski definition) is 1. The summed E-state index contributed by atoms with van der Waals surface area (Å²) in [4.78, 5) is 1.35. The van der Waals surface area contributed by atoms with Gasteiger partial charge in [-0.3, -0.25) is 0 Å². The maximum atomic E-state index is 12.5. The molecular formula is C13H22N2O3S2. The van der Waals surface area contributed by atoms with Crippen LogP contribution in [0.5, 0.6) is 0 Å². The van der Waals surface area contributed by atoms with Gasteiger partial charge in [0.1, 0.15) is 0 Å². The normalized spacial score (nSPS) is 11.9. The minimum absolute atomic E-state index is 0.282. The number of sulfonamides is 1. The van der Waals surface area contributed by atoms with Crippen molar-refractivity contribution in [2.75, 3.05) is 33.4 Å². The first kappa shape index (κ1) is 17.3. The van der Waals surface area contributed by atoms with Crippen LogP contribution >= 0.6 is 11.3 Å². The summed E-state index contributed by atoms with van der Waals surface area (Å²) in [5.41, 5.74) is 0. The fourth-order valence-electron chi connectivity index (χ4n) is 1.63. The summed E-state index contributed by atoms with van der Waals surface area (Å²) in [6.07, 6.45) is 1.58. The van der Waals surface area contributed by atoms with Crippen molar-refractivity contribution in [3.63, 3.8) is 0 Å². The van der Waals surface area contributed by atoms with Crippen molar-refractivity contribution in [1.29, 1.82) is 0 Å². The van der Waals surface area contributed by atoms with Gasteiger partial charge >= 0.3 is 0 Å². The summed E-state index contributed by atoms with van der Waals surface area (Å²) in [6.45, 7) is 8.14. The molecule has 1 aromatic rings. The van der Waals surface area contributed by atoms with E-state index in [9.17, 15) is 8.42 Å². The summed E-state index contributed by atoms with van der Waals surface area (Å²) in [5, 5.41) is 4.87. The van der Waals surface area contributed by atoms with Crippen molar-refractivity contribution < 1.29 is 13.2 Å². The largest absolute Gasteiger partial charge is 0.383 e. The van der Waals surface area contributed by atoms with Gasteiger partial charge in [0.2, 0.25) is 10.0 Å². The Labute approximate surface area is 125 Å². The van der Waals surface area contributed by atoms with Gasteiger partial charge in [0, 0.05) is 37.0 Å². The average Bonchev–Trinajstić information content (AvgIpc) is 2.90. The molecule has 1 heterocycles. The van der Waals surface area contributed by atoms with Crippen molar-refractivity contribution >= 4 is 21.4 Å². The molecule has 114 valence electrons. The van der Waals surface area contributed by atoms with E-state index >= 15 is 0 Å². The van der Waals surface area contributed by atoms with Gasteiger partial charge in [0.15, 0.2) is 0 Å². The lowest BCUT2D eigenvalue weighted by Gasteiger charge is -2.19. The highest BCUT2D eigenvalue weighted by atomic mass is 32.2. The zero-order valence-corrected chi connectivity index (χ0v) is 13.6. The minimum atomic E-state index is -3.47. The molecule has 0 radical (unpaired) electrons. The smallest absolute Gasteiger partial charge is 0.244 e. The van der Waals surface area contributed by atoms with Gasteiger partial charge in [-0.25, -0.2) is 8.42 Å². The van der Waals surface area contributed by atoms with Gasteiger partial charge in [0.25, 0.3) is 0 Å². The Kier molecular flexibility index (Phi) is 7.39. The van der Waals surface area contributed by atoms with E-state index in [4.69, 9.17) is 4.74 Å². The van der Waals surface area contributed by atoms with E-state index in [2.05, 4.69) is 11.9 Å². The molecule has 0 atom stereocenters. The molecule has 0 aliphatic heterocycles. The van der Waals surface area contributed by atoms with Crippen LogP contribution in [-0.2, 0) is 21.3 Å². The van der Waals surface area contributed by atoms with Crippen LogP contribution in [0.25, 0.3) is 0 Å². The lowest BCUT2D eigenvalue weighted by molar-refractivity contribution is 0.182. The van der Waals surface area contributed by atoms with E-state index in [1.165, 1.54) is 15.6 Å². The van der Waals surface area contributed by atoms with Crippen molar-refractivity contribution in [3.05, 3.63) is 29.0 Å². The molecule has 0 bridgehead atoms. The lowest BCUT2D eigenvalue weighted by Crippen LogP contribution is -2.33. The molecule has 1 rings (SSSR count). The molecule has 0 fully saturated rings. The van der Waals surface area contributed by atoms with Crippen LogP contribution in [0.2, 0.25) is 0 Å².